The molecule has 2 N–H and O–H groups in total. The van der Waals surface area contributed by atoms with Crippen LogP contribution in [0, 0.1) is 12.9 Å². The minimum Gasteiger partial charge on any atom is -0.488 e. The molecule has 1 aliphatic carbocycles. The van der Waals surface area contributed by atoms with Crippen LogP contribution < -0.4 is 20.5 Å². The van der Waals surface area contributed by atoms with Crippen molar-refractivity contribution in [2.75, 3.05) is 38.1 Å². The van der Waals surface area contributed by atoms with E-state index in [9.17, 15) is 14.0 Å². The molecule has 1 aliphatic heterocycles. The number of piperazine rings is 1. The summed E-state index contributed by atoms with van der Waals surface area (Å²) in [6.45, 7) is 5.11. The van der Waals surface area contributed by atoms with Crippen LogP contribution in [-0.4, -0.2) is 65.1 Å². The summed E-state index contributed by atoms with van der Waals surface area (Å²) in [6, 6.07) is 7.17. The van der Waals surface area contributed by atoms with Gasteiger partial charge in [0.15, 0.2) is 0 Å². The molecule has 2 fully saturated rings. The zero-order valence-corrected chi connectivity index (χ0v) is 20.6. The molecule has 3 heterocycles. The number of rotatable bonds is 6. The summed E-state index contributed by atoms with van der Waals surface area (Å²) in [5.41, 5.74) is 3.10. The molecule has 10 heteroatoms. The summed E-state index contributed by atoms with van der Waals surface area (Å²) in [4.78, 5) is 39.5. The highest BCUT2D eigenvalue weighted by Crippen LogP contribution is 2.30. The Hall–Kier alpha value is -3.53. The van der Waals surface area contributed by atoms with Crippen LogP contribution in [0.25, 0.3) is 11.0 Å². The fraction of sp³-hybridized carbons (Fsp3) is 0.462. The molecule has 2 aromatic heterocycles. The number of aromatic nitrogens is 3. The van der Waals surface area contributed by atoms with Gasteiger partial charge in [-0.1, -0.05) is 0 Å². The zero-order chi connectivity index (χ0) is 25.2. The normalized spacial score (nSPS) is 17.0. The highest BCUT2D eigenvalue weighted by Gasteiger charge is 2.23. The Bertz CT molecular complexity index is 1330. The second-order valence-corrected chi connectivity index (χ2v) is 9.51. The van der Waals surface area contributed by atoms with Crippen molar-refractivity contribution in [2.45, 2.75) is 45.3 Å². The number of aromatic amines is 1. The topological polar surface area (TPSA) is 103 Å². The number of amides is 1. The van der Waals surface area contributed by atoms with E-state index in [0.29, 0.717) is 42.0 Å². The van der Waals surface area contributed by atoms with E-state index in [2.05, 4.69) is 25.2 Å². The number of anilines is 1. The molecule has 190 valence electrons. The Balaban J connectivity index is 1.31. The van der Waals surface area contributed by atoms with Crippen LogP contribution in [0.15, 0.2) is 29.1 Å². The van der Waals surface area contributed by atoms with Crippen LogP contribution in [0.3, 0.4) is 0 Å². The lowest BCUT2D eigenvalue weighted by atomic mass is 10.1. The van der Waals surface area contributed by atoms with Crippen molar-refractivity contribution in [1.82, 2.24) is 25.2 Å². The lowest BCUT2D eigenvalue weighted by Gasteiger charge is -2.36. The number of fused-ring (bicyclic) bond motifs is 1. The molecular formula is C26H31FN6O3. The summed E-state index contributed by atoms with van der Waals surface area (Å²) in [5, 5.41) is 2.46. The number of ether oxygens (including phenoxy) is 1. The number of halogens is 1. The second kappa shape index (κ2) is 10.2. The smallest absolute Gasteiger partial charge is 0.269 e. The molecule has 1 saturated carbocycles. The number of nitrogens with zero attached hydrogens (tertiary/aromatic N) is 4. The quantitative estimate of drug-likeness (QED) is 0.508. The molecule has 0 atom stereocenters. The number of carbonyl (C=O) groups is 1. The molecule has 2 aliphatic rings. The van der Waals surface area contributed by atoms with Crippen molar-refractivity contribution in [3.63, 3.8) is 0 Å². The fourth-order valence-electron chi connectivity index (χ4n) is 5.00. The van der Waals surface area contributed by atoms with Gasteiger partial charge in [-0.05, 0) is 62.4 Å². The summed E-state index contributed by atoms with van der Waals surface area (Å²) < 4.78 is 20.9. The molecule has 1 aromatic carbocycles. The highest BCUT2D eigenvalue weighted by molar-refractivity contribution is 5.92. The summed E-state index contributed by atoms with van der Waals surface area (Å²) in [6.07, 6.45) is 4.58. The lowest BCUT2D eigenvalue weighted by molar-refractivity contribution is 0.0957. The van der Waals surface area contributed by atoms with Gasteiger partial charge >= 0.3 is 0 Å². The van der Waals surface area contributed by atoms with Crippen LogP contribution >= 0.6 is 0 Å². The minimum atomic E-state index is -0.639. The summed E-state index contributed by atoms with van der Waals surface area (Å²) in [5.74, 6) is -0.333. The first-order valence-corrected chi connectivity index (χ1v) is 12.5. The second-order valence-electron chi connectivity index (χ2n) is 9.51. The molecule has 0 unspecified atom stereocenters. The standard InChI is InChI=1S/C26H31FN6O3/c1-16-25(34)31-20-13-17(14-22(23(20)29-16)36-18-5-3-4-6-18)15-32-9-11-33(12-10-32)21-8-7-19(26(35)28-2)30-24(21)27/h7-8,13-14,18H,3-6,9-12,15H2,1-2H3,(H,28,35)(H,31,34). The van der Waals surface area contributed by atoms with E-state index in [0.717, 1.165) is 37.2 Å². The van der Waals surface area contributed by atoms with Gasteiger partial charge in [-0.15, -0.1) is 0 Å². The van der Waals surface area contributed by atoms with Crippen molar-refractivity contribution in [2.24, 2.45) is 0 Å². The molecule has 0 radical (unpaired) electrons. The summed E-state index contributed by atoms with van der Waals surface area (Å²) >= 11 is 0. The number of hydrogen-bond donors (Lipinski definition) is 2. The van der Waals surface area contributed by atoms with Crippen molar-refractivity contribution >= 4 is 22.6 Å². The van der Waals surface area contributed by atoms with E-state index in [1.54, 1.807) is 19.1 Å². The fourth-order valence-corrected chi connectivity index (χ4v) is 5.00. The van der Waals surface area contributed by atoms with Gasteiger partial charge in [0.2, 0.25) is 5.95 Å². The molecule has 3 aromatic rings. The molecular weight excluding hydrogens is 463 g/mol. The third-order valence-corrected chi connectivity index (χ3v) is 6.99. The van der Waals surface area contributed by atoms with Gasteiger partial charge in [0, 0.05) is 39.8 Å². The first-order valence-electron chi connectivity index (χ1n) is 12.5. The van der Waals surface area contributed by atoms with Crippen molar-refractivity contribution in [3.8, 4) is 5.75 Å². The van der Waals surface area contributed by atoms with Crippen LogP contribution in [0.5, 0.6) is 5.75 Å². The molecule has 1 amide bonds. The van der Waals surface area contributed by atoms with Crippen molar-refractivity contribution in [3.05, 3.63) is 57.5 Å². The number of H-pyrrole nitrogens is 1. The first kappa shape index (κ1) is 24.2. The minimum absolute atomic E-state index is 0.0621. The zero-order valence-electron chi connectivity index (χ0n) is 20.6. The van der Waals surface area contributed by atoms with Crippen LogP contribution in [-0.2, 0) is 6.54 Å². The van der Waals surface area contributed by atoms with Gasteiger partial charge in [0.1, 0.15) is 22.7 Å². The molecule has 1 saturated heterocycles. The van der Waals surface area contributed by atoms with Gasteiger partial charge in [-0.2, -0.15) is 4.39 Å². The molecule has 5 rings (SSSR count). The predicted octanol–water partition coefficient (Wildman–Crippen LogP) is 2.77. The Morgan fingerprint density at radius 2 is 1.92 bits per heavy atom. The SMILES string of the molecule is CNC(=O)c1ccc(N2CCN(Cc3cc(OC4CCCC4)c4nc(C)c(=O)[nH]c4c3)CC2)c(F)n1. The number of carbonyl (C=O) groups excluding carboxylic acids is 1. The van der Waals surface area contributed by atoms with E-state index in [1.807, 2.05) is 17.0 Å². The molecule has 36 heavy (non-hydrogen) atoms. The van der Waals surface area contributed by atoms with E-state index < -0.39 is 11.9 Å². The third-order valence-electron chi connectivity index (χ3n) is 6.99. The van der Waals surface area contributed by atoms with Crippen LogP contribution in [0.2, 0.25) is 0 Å². The Morgan fingerprint density at radius 3 is 2.61 bits per heavy atom. The monoisotopic (exact) mass is 494 g/mol. The van der Waals surface area contributed by atoms with Gasteiger partial charge in [-0.25, -0.2) is 9.97 Å². The highest BCUT2D eigenvalue weighted by atomic mass is 19.1. The van der Waals surface area contributed by atoms with Gasteiger partial charge < -0.3 is 19.9 Å². The number of nitrogens with one attached hydrogen (secondary N) is 2. The van der Waals surface area contributed by atoms with Gasteiger partial charge in [-0.3, -0.25) is 14.5 Å². The van der Waals surface area contributed by atoms with Crippen LogP contribution in [0.4, 0.5) is 10.1 Å². The van der Waals surface area contributed by atoms with E-state index >= 15 is 0 Å². The number of hydrogen-bond acceptors (Lipinski definition) is 7. The van der Waals surface area contributed by atoms with Crippen molar-refractivity contribution < 1.29 is 13.9 Å². The summed E-state index contributed by atoms with van der Waals surface area (Å²) in [7, 11) is 1.49. The van der Waals surface area contributed by atoms with Crippen LogP contribution in [0.1, 0.15) is 47.4 Å². The third kappa shape index (κ3) is 5.04. The Morgan fingerprint density at radius 1 is 1.17 bits per heavy atom. The lowest BCUT2D eigenvalue weighted by Crippen LogP contribution is -2.46. The Kier molecular flexibility index (Phi) is 6.86. The maximum atomic E-state index is 14.6. The predicted molar refractivity (Wildman–Crippen MR) is 135 cm³/mol. The maximum absolute atomic E-state index is 14.6. The number of benzene rings is 1. The molecule has 9 nitrogen and oxygen atoms in total. The van der Waals surface area contributed by atoms with E-state index in [4.69, 9.17) is 4.74 Å². The molecule has 0 spiro atoms. The van der Waals surface area contributed by atoms with E-state index in [1.165, 1.54) is 19.9 Å². The average molecular weight is 495 g/mol. The van der Waals surface area contributed by atoms with Gasteiger partial charge in [0.05, 0.1) is 17.3 Å². The van der Waals surface area contributed by atoms with Crippen molar-refractivity contribution in [1.29, 1.82) is 0 Å². The van der Waals surface area contributed by atoms with Gasteiger partial charge in [0.25, 0.3) is 11.5 Å². The number of aryl methyl sites for hydroxylation is 1. The first-order chi connectivity index (χ1) is 17.4. The Labute approximate surface area is 208 Å². The largest absolute Gasteiger partial charge is 0.488 e. The number of pyridine rings is 1. The maximum Gasteiger partial charge on any atom is 0.269 e. The molecule has 0 bridgehead atoms. The van der Waals surface area contributed by atoms with E-state index in [-0.39, 0.29) is 17.4 Å². The average Bonchev–Trinajstić information content (AvgIpc) is 3.38.